The topological polar surface area (TPSA) is 55.9 Å². The second kappa shape index (κ2) is 6.07. The molecule has 0 spiro atoms. The molecule has 2 rings (SSSR count). The SMILES string of the molecule is CCn1nc(C)c(N)c1NCC1(SC)CCCCC1. The van der Waals surface area contributed by atoms with Crippen LogP contribution in [0, 0.1) is 6.92 Å². The molecule has 5 heteroatoms. The van der Waals surface area contributed by atoms with Gasteiger partial charge in [0.25, 0.3) is 0 Å². The Morgan fingerprint density at radius 2 is 2.05 bits per heavy atom. The van der Waals surface area contributed by atoms with Crippen LogP contribution in [0.2, 0.25) is 0 Å². The Balaban J connectivity index is 2.08. The van der Waals surface area contributed by atoms with E-state index >= 15 is 0 Å². The van der Waals surface area contributed by atoms with E-state index in [4.69, 9.17) is 5.73 Å². The van der Waals surface area contributed by atoms with Crippen LogP contribution in [0.4, 0.5) is 11.5 Å². The van der Waals surface area contributed by atoms with Crippen LogP contribution < -0.4 is 11.1 Å². The standard InChI is InChI=1S/C14H26N4S/c1-4-18-13(12(15)11(2)17-18)16-10-14(19-3)8-6-5-7-9-14/h16H,4-10,15H2,1-3H3. The smallest absolute Gasteiger partial charge is 0.148 e. The first-order valence-corrected chi connectivity index (χ1v) is 8.46. The number of hydrogen-bond donors (Lipinski definition) is 2. The van der Waals surface area contributed by atoms with E-state index in [1.54, 1.807) is 0 Å². The van der Waals surface area contributed by atoms with E-state index in [9.17, 15) is 0 Å². The third-order valence-electron chi connectivity index (χ3n) is 4.25. The van der Waals surface area contributed by atoms with Crippen molar-refractivity contribution in [3.8, 4) is 0 Å². The monoisotopic (exact) mass is 282 g/mol. The largest absolute Gasteiger partial charge is 0.394 e. The highest BCUT2D eigenvalue weighted by atomic mass is 32.2. The summed E-state index contributed by atoms with van der Waals surface area (Å²) in [5, 5.41) is 8.03. The maximum absolute atomic E-state index is 6.13. The van der Waals surface area contributed by atoms with Gasteiger partial charge in [-0.2, -0.15) is 16.9 Å². The van der Waals surface area contributed by atoms with Crippen molar-refractivity contribution in [3.63, 3.8) is 0 Å². The number of nitrogens with two attached hydrogens (primary N) is 1. The van der Waals surface area contributed by atoms with Crippen LogP contribution >= 0.6 is 11.8 Å². The lowest BCUT2D eigenvalue weighted by Crippen LogP contribution is -2.36. The zero-order valence-electron chi connectivity index (χ0n) is 12.3. The molecule has 0 bridgehead atoms. The summed E-state index contributed by atoms with van der Waals surface area (Å²) in [5.74, 6) is 0.999. The number of rotatable bonds is 5. The van der Waals surface area contributed by atoms with Gasteiger partial charge < -0.3 is 11.1 Å². The Kier molecular flexibility index (Phi) is 4.66. The van der Waals surface area contributed by atoms with Gasteiger partial charge in [-0.05, 0) is 32.9 Å². The molecule has 3 N–H and O–H groups in total. The summed E-state index contributed by atoms with van der Waals surface area (Å²) in [6, 6.07) is 0. The summed E-state index contributed by atoms with van der Waals surface area (Å²) < 4.78 is 2.35. The molecule has 0 radical (unpaired) electrons. The van der Waals surface area contributed by atoms with Crippen LogP contribution in [0.1, 0.15) is 44.7 Å². The molecular formula is C14H26N4S. The lowest BCUT2D eigenvalue weighted by Gasteiger charge is -2.36. The summed E-state index contributed by atoms with van der Waals surface area (Å²) in [6.07, 6.45) is 8.93. The van der Waals surface area contributed by atoms with Gasteiger partial charge in [0.05, 0.1) is 11.4 Å². The average molecular weight is 282 g/mol. The first-order chi connectivity index (χ1) is 9.12. The molecule has 19 heavy (non-hydrogen) atoms. The number of nitrogen functional groups attached to an aromatic ring is 1. The fourth-order valence-electron chi connectivity index (χ4n) is 2.90. The number of nitrogens with zero attached hydrogens (tertiary/aromatic N) is 2. The molecule has 4 nitrogen and oxygen atoms in total. The normalized spacial score (nSPS) is 18.5. The minimum atomic E-state index is 0.376. The highest BCUT2D eigenvalue weighted by molar-refractivity contribution is 8.00. The average Bonchev–Trinajstić information content (AvgIpc) is 2.73. The third-order valence-corrected chi connectivity index (χ3v) is 5.67. The maximum Gasteiger partial charge on any atom is 0.148 e. The number of aryl methyl sites for hydroxylation is 2. The first kappa shape index (κ1) is 14.6. The second-order valence-electron chi connectivity index (χ2n) is 5.46. The number of thioether (sulfide) groups is 1. The van der Waals surface area contributed by atoms with E-state index in [-0.39, 0.29) is 0 Å². The van der Waals surface area contributed by atoms with Crippen LogP contribution in [0.3, 0.4) is 0 Å². The molecular weight excluding hydrogens is 256 g/mol. The van der Waals surface area contributed by atoms with Crippen molar-refractivity contribution in [2.75, 3.05) is 23.9 Å². The van der Waals surface area contributed by atoms with Gasteiger partial charge in [0.2, 0.25) is 0 Å². The quantitative estimate of drug-likeness (QED) is 0.870. The number of anilines is 2. The minimum Gasteiger partial charge on any atom is -0.394 e. The van der Waals surface area contributed by atoms with E-state index in [1.165, 1.54) is 32.1 Å². The van der Waals surface area contributed by atoms with Gasteiger partial charge in [-0.25, -0.2) is 4.68 Å². The summed E-state index contributed by atoms with van der Waals surface area (Å²) in [4.78, 5) is 0. The summed E-state index contributed by atoms with van der Waals surface area (Å²) in [6.45, 7) is 5.91. The molecule has 0 aromatic carbocycles. The molecule has 0 atom stereocenters. The van der Waals surface area contributed by atoms with E-state index < -0.39 is 0 Å². The van der Waals surface area contributed by atoms with Crippen molar-refractivity contribution >= 4 is 23.3 Å². The first-order valence-electron chi connectivity index (χ1n) is 7.24. The van der Waals surface area contributed by atoms with Gasteiger partial charge in [0, 0.05) is 17.8 Å². The number of hydrogen-bond acceptors (Lipinski definition) is 4. The Bertz CT molecular complexity index is 421. The second-order valence-corrected chi connectivity index (χ2v) is 6.74. The summed E-state index contributed by atoms with van der Waals surface area (Å²) >= 11 is 2.01. The van der Waals surface area contributed by atoms with E-state index in [1.807, 2.05) is 23.4 Å². The molecule has 1 aromatic heterocycles. The van der Waals surface area contributed by atoms with Gasteiger partial charge in [-0.15, -0.1) is 0 Å². The molecule has 1 saturated carbocycles. The molecule has 1 aliphatic rings. The Morgan fingerprint density at radius 3 is 2.63 bits per heavy atom. The molecule has 1 aliphatic carbocycles. The predicted octanol–water partition coefficient (Wildman–Crippen LogP) is 3.27. The van der Waals surface area contributed by atoms with E-state index in [0.717, 1.165) is 30.3 Å². The van der Waals surface area contributed by atoms with Gasteiger partial charge >= 0.3 is 0 Å². The molecule has 0 saturated heterocycles. The van der Waals surface area contributed by atoms with Crippen LogP contribution in [-0.2, 0) is 6.54 Å². The van der Waals surface area contributed by atoms with Crippen molar-refractivity contribution < 1.29 is 0 Å². The predicted molar refractivity (Wildman–Crippen MR) is 84.9 cm³/mol. The maximum atomic E-state index is 6.13. The fourth-order valence-corrected chi connectivity index (χ4v) is 3.82. The van der Waals surface area contributed by atoms with E-state index in [2.05, 4.69) is 23.6 Å². The van der Waals surface area contributed by atoms with Crippen molar-refractivity contribution in [1.82, 2.24) is 9.78 Å². The lowest BCUT2D eigenvalue weighted by molar-refractivity contribution is 0.410. The molecule has 0 unspecified atom stereocenters. The fraction of sp³-hybridized carbons (Fsp3) is 0.786. The number of aromatic nitrogens is 2. The molecule has 0 aliphatic heterocycles. The molecule has 1 heterocycles. The van der Waals surface area contributed by atoms with E-state index in [0.29, 0.717) is 4.75 Å². The van der Waals surface area contributed by atoms with Crippen molar-refractivity contribution in [1.29, 1.82) is 0 Å². The summed E-state index contributed by atoms with van der Waals surface area (Å²) in [7, 11) is 0. The highest BCUT2D eigenvalue weighted by Crippen LogP contribution is 2.39. The Morgan fingerprint density at radius 1 is 1.37 bits per heavy atom. The molecule has 108 valence electrons. The van der Waals surface area contributed by atoms with Crippen LogP contribution in [0.15, 0.2) is 0 Å². The van der Waals surface area contributed by atoms with Crippen LogP contribution in [-0.4, -0.2) is 27.3 Å². The Labute approximate surface area is 120 Å². The van der Waals surface area contributed by atoms with Crippen LogP contribution in [0.25, 0.3) is 0 Å². The zero-order valence-corrected chi connectivity index (χ0v) is 13.1. The lowest BCUT2D eigenvalue weighted by atomic mass is 9.88. The van der Waals surface area contributed by atoms with Gasteiger partial charge in [0.1, 0.15) is 5.82 Å². The van der Waals surface area contributed by atoms with Crippen LogP contribution in [0.5, 0.6) is 0 Å². The zero-order chi connectivity index (χ0) is 13.9. The number of nitrogens with one attached hydrogen (secondary N) is 1. The molecule has 1 aromatic rings. The van der Waals surface area contributed by atoms with Crippen molar-refractivity contribution in [2.45, 2.75) is 57.2 Å². The minimum absolute atomic E-state index is 0.376. The highest BCUT2D eigenvalue weighted by Gasteiger charge is 2.31. The molecule has 1 fully saturated rings. The third kappa shape index (κ3) is 3.02. The molecule has 0 amide bonds. The van der Waals surface area contributed by atoms with Gasteiger partial charge in [-0.3, -0.25) is 0 Å². The summed E-state index contributed by atoms with van der Waals surface area (Å²) in [5.41, 5.74) is 7.85. The van der Waals surface area contributed by atoms with Crippen molar-refractivity contribution in [3.05, 3.63) is 5.69 Å². The Hall–Kier alpha value is -0.840. The van der Waals surface area contributed by atoms with Crippen molar-refractivity contribution in [2.24, 2.45) is 0 Å². The van der Waals surface area contributed by atoms with Gasteiger partial charge in [0.15, 0.2) is 0 Å². The van der Waals surface area contributed by atoms with Gasteiger partial charge in [-0.1, -0.05) is 19.3 Å².